The maximum absolute atomic E-state index is 13.5. The van der Waals surface area contributed by atoms with E-state index in [1.165, 1.54) is 6.07 Å². The molecule has 4 aromatic heterocycles. The third-order valence-corrected chi connectivity index (χ3v) is 5.94. The molecule has 4 heterocycles. The predicted molar refractivity (Wildman–Crippen MR) is 169 cm³/mol. The van der Waals surface area contributed by atoms with E-state index in [1.807, 2.05) is 52.9 Å². The largest absolute Gasteiger partial charge is 2.00 e. The van der Waals surface area contributed by atoms with E-state index in [1.54, 1.807) is 73.3 Å². The van der Waals surface area contributed by atoms with Crippen molar-refractivity contribution in [2.45, 2.75) is 10.1 Å². The second-order valence-electron chi connectivity index (χ2n) is 7.85. The fraction of sp³-hybridized carbons (Fsp3) is 0. The number of rotatable bonds is 2. The molecule has 228 valence electrons. The second-order valence-corrected chi connectivity index (χ2v) is 9.93. The first-order valence-corrected chi connectivity index (χ1v) is 14.0. The molecule has 0 N–H and O–H groups in total. The van der Waals surface area contributed by atoms with E-state index in [-0.39, 0.29) is 53.5 Å². The van der Waals surface area contributed by atoms with Gasteiger partial charge in [0.25, 0.3) is 0 Å². The van der Waals surface area contributed by atoms with Gasteiger partial charge in [-0.1, -0.05) is 85.4 Å². The zero-order valence-electron chi connectivity index (χ0n) is 22.3. The Balaban J connectivity index is 0.000000303. The zero-order valence-corrected chi connectivity index (χ0v) is 30.6. The van der Waals surface area contributed by atoms with Crippen LogP contribution in [-0.4, -0.2) is 19.9 Å². The van der Waals surface area contributed by atoms with E-state index in [9.17, 15) is 13.2 Å². The Bertz CT molecular complexity index is 1520. The molecule has 12 heteroatoms. The molecule has 0 radical (unpaired) electrons. The molecule has 44 heavy (non-hydrogen) atoms. The Kier molecular flexibility index (Phi) is 19.7. The Labute approximate surface area is 307 Å². The van der Waals surface area contributed by atoms with E-state index >= 15 is 0 Å². The molecular formula is C32H20F3IN4Pt2S2. The van der Waals surface area contributed by atoms with E-state index in [0.29, 0.717) is 27.0 Å². The van der Waals surface area contributed by atoms with Gasteiger partial charge in [0.2, 0.25) is 0 Å². The van der Waals surface area contributed by atoms with Crippen LogP contribution in [0.5, 0.6) is 0 Å². The van der Waals surface area contributed by atoms with Gasteiger partial charge in [-0.3, -0.25) is 23.1 Å². The summed E-state index contributed by atoms with van der Waals surface area (Å²) in [6.45, 7) is 0. The number of hydrogen-bond acceptors (Lipinski definition) is 6. The molecule has 0 fully saturated rings. The normalized spacial score (nSPS) is 9.18. The van der Waals surface area contributed by atoms with E-state index in [0.717, 1.165) is 15.7 Å². The molecule has 0 saturated heterocycles. The predicted octanol–water partition coefficient (Wildman–Crippen LogP) is 8.09. The zero-order chi connectivity index (χ0) is 30.2. The Morgan fingerprint density at radius 1 is 0.545 bits per heavy atom. The first-order chi connectivity index (χ1) is 20.3. The minimum atomic E-state index is -0.649. The van der Waals surface area contributed by atoms with Crippen LogP contribution < -0.4 is 0 Å². The van der Waals surface area contributed by atoms with Crippen molar-refractivity contribution in [1.29, 1.82) is 0 Å². The number of benzene rings is 2. The summed E-state index contributed by atoms with van der Waals surface area (Å²) in [5.41, 5.74) is 1.67. The molecule has 0 bridgehead atoms. The third-order valence-electron chi connectivity index (χ3n) is 4.83. The summed E-state index contributed by atoms with van der Waals surface area (Å²) in [6, 6.07) is 32.0. The van der Waals surface area contributed by atoms with Crippen molar-refractivity contribution in [2.75, 3.05) is 0 Å². The Hall–Kier alpha value is -2.62. The smallest absolute Gasteiger partial charge is 0.760 e. The van der Waals surface area contributed by atoms with Gasteiger partial charge >= 0.3 is 42.1 Å². The van der Waals surface area contributed by atoms with Crippen LogP contribution in [0.2, 0.25) is 0 Å². The third kappa shape index (κ3) is 14.4. The molecule has 0 amide bonds. The van der Waals surface area contributed by atoms with Gasteiger partial charge in [-0.05, 0) is 35.7 Å². The molecular weight excluding hydrogens is 1080 g/mol. The molecule has 0 saturated carbocycles. The summed E-state index contributed by atoms with van der Waals surface area (Å²) in [5, 5.41) is 1.31. The Morgan fingerprint density at radius 2 is 0.955 bits per heavy atom. The molecule has 0 spiro atoms. The first kappa shape index (κ1) is 39.4. The summed E-state index contributed by atoms with van der Waals surface area (Å²) >= 11 is 11.5. The number of hydrogen-bond donors (Lipinski definition) is 0. The van der Waals surface area contributed by atoms with Crippen LogP contribution in [-0.2, 0) is 67.4 Å². The van der Waals surface area contributed by atoms with E-state index in [4.69, 9.17) is 25.3 Å². The van der Waals surface area contributed by atoms with Crippen LogP contribution in [0.1, 0.15) is 0 Å². The van der Waals surface area contributed by atoms with Crippen LogP contribution >= 0.6 is 22.6 Å². The van der Waals surface area contributed by atoms with Gasteiger partial charge in [0, 0.05) is 42.2 Å². The maximum atomic E-state index is 13.5. The SMILES string of the molecule is Fc1c[c-]c(-c2ccccn2)c(F)c1.Fc1cc(I)c[c-]c1-c1ccccn1.[Pt+2].[Pt+2].[S-]c1ccccn1.[S-]c1ccccn1. The standard InChI is InChI=1S/C11H6F2N.C11H6FIN.2C5H5NS.2Pt/c12-8-4-5-9(10(13)7-8)11-3-1-2-6-14-11;12-10-7-8(13)4-5-9(10)11-3-1-2-6-14-11;2*7-5-3-1-2-4-6-5;;/h2*1-4,6-7H;2*1-4H,(H,6,7);;/q2*-1;;;2*+2/p-2. The number of nitrogens with zero attached hydrogens (tertiary/aromatic N) is 4. The van der Waals surface area contributed by atoms with Gasteiger partial charge in [-0.25, -0.2) is 0 Å². The summed E-state index contributed by atoms with van der Waals surface area (Å²) in [4.78, 5) is 15.6. The number of halogens is 4. The molecule has 0 aliphatic carbocycles. The molecule has 6 rings (SSSR count). The summed E-state index contributed by atoms with van der Waals surface area (Å²) in [7, 11) is 0. The second kappa shape index (κ2) is 22.0. The van der Waals surface area contributed by atoms with E-state index < -0.39 is 11.6 Å². The van der Waals surface area contributed by atoms with Crippen molar-refractivity contribution < 1.29 is 55.3 Å². The topological polar surface area (TPSA) is 51.6 Å². The van der Waals surface area contributed by atoms with Gasteiger partial charge in [0.1, 0.15) is 0 Å². The fourth-order valence-corrected chi connectivity index (χ4v) is 3.71. The average Bonchev–Trinajstić information content (AvgIpc) is 3.00. The number of pyridine rings is 4. The van der Waals surface area contributed by atoms with Crippen LogP contribution in [0.4, 0.5) is 13.2 Å². The van der Waals surface area contributed by atoms with Gasteiger partial charge in [-0.15, -0.1) is 46.9 Å². The minimum absolute atomic E-state index is 0. The quantitative estimate of drug-likeness (QED) is 0.0995. The molecule has 4 nitrogen and oxygen atoms in total. The summed E-state index contributed by atoms with van der Waals surface area (Å²) < 4.78 is 40.1. The van der Waals surface area contributed by atoms with Gasteiger partial charge in [-0.2, -0.15) is 0 Å². The van der Waals surface area contributed by atoms with Crippen molar-refractivity contribution in [2.24, 2.45) is 0 Å². The van der Waals surface area contributed by atoms with Crippen LogP contribution in [0.3, 0.4) is 0 Å². The van der Waals surface area contributed by atoms with E-state index in [2.05, 4.69) is 32.1 Å². The van der Waals surface area contributed by atoms with Crippen molar-refractivity contribution in [1.82, 2.24) is 19.9 Å². The average molecular weight is 1100 g/mol. The van der Waals surface area contributed by atoms with Crippen molar-refractivity contribution in [3.05, 3.63) is 155 Å². The molecule has 6 aromatic rings. The van der Waals surface area contributed by atoms with Crippen molar-refractivity contribution >= 4 is 47.8 Å². The van der Waals surface area contributed by atoms with Crippen LogP contribution in [0, 0.1) is 33.2 Å². The van der Waals surface area contributed by atoms with Gasteiger partial charge in [0.15, 0.2) is 0 Å². The minimum Gasteiger partial charge on any atom is -0.760 e. The number of aromatic nitrogens is 4. The molecule has 0 aliphatic heterocycles. The van der Waals surface area contributed by atoms with Crippen molar-refractivity contribution in [3.63, 3.8) is 0 Å². The summed E-state index contributed by atoms with van der Waals surface area (Å²) in [6.07, 6.45) is 6.55. The molecule has 0 aliphatic rings. The van der Waals surface area contributed by atoms with Crippen molar-refractivity contribution in [3.8, 4) is 22.5 Å². The monoisotopic (exact) mass is 1100 g/mol. The molecule has 0 atom stereocenters. The summed E-state index contributed by atoms with van der Waals surface area (Å²) in [5.74, 6) is -1.57. The Morgan fingerprint density at radius 3 is 1.27 bits per heavy atom. The maximum Gasteiger partial charge on any atom is 2.00 e. The first-order valence-electron chi connectivity index (χ1n) is 12.1. The van der Waals surface area contributed by atoms with Crippen LogP contribution in [0.15, 0.2) is 132 Å². The van der Waals surface area contributed by atoms with Gasteiger partial charge < -0.3 is 35.2 Å². The molecule has 2 aromatic carbocycles. The van der Waals surface area contributed by atoms with Crippen LogP contribution in [0.25, 0.3) is 22.5 Å². The fourth-order valence-electron chi connectivity index (χ4n) is 3.00. The molecule has 0 unspecified atom stereocenters. The van der Waals surface area contributed by atoms with Gasteiger partial charge in [0.05, 0.1) is 0 Å².